The molecule has 1 heterocycles. The minimum absolute atomic E-state index is 0.362. The first-order valence-electron chi connectivity index (χ1n) is 8.34. The van der Waals surface area contributed by atoms with Crippen LogP contribution in [0.15, 0.2) is 47.6 Å². The van der Waals surface area contributed by atoms with E-state index in [0.717, 1.165) is 11.7 Å². The Bertz CT molecular complexity index is 836. The predicted molar refractivity (Wildman–Crippen MR) is 95.9 cm³/mol. The lowest BCUT2D eigenvalue weighted by Gasteiger charge is -2.13. The molecule has 4 heteroatoms. The summed E-state index contributed by atoms with van der Waals surface area (Å²) in [6.07, 6.45) is 2.53. The highest BCUT2D eigenvalue weighted by molar-refractivity contribution is 7.99. The molecule has 1 aromatic heterocycles. The summed E-state index contributed by atoms with van der Waals surface area (Å²) in [5, 5.41) is 12.9. The number of aromatic nitrogens is 3. The average molecular weight is 323 g/mol. The van der Waals surface area contributed by atoms with Crippen LogP contribution < -0.4 is 0 Å². The van der Waals surface area contributed by atoms with Crippen molar-refractivity contribution in [3.05, 3.63) is 53.9 Å². The first kappa shape index (κ1) is 14.8. The normalized spacial score (nSPS) is 15.9. The summed E-state index contributed by atoms with van der Waals surface area (Å²) in [5.41, 5.74) is 1.34. The van der Waals surface area contributed by atoms with Gasteiger partial charge in [-0.3, -0.25) is 0 Å². The van der Waals surface area contributed by atoms with E-state index < -0.39 is 0 Å². The largest absolute Gasteiger partial charge is 0.306 e. The molecule has 1 atom stereocenters. The fourth-order valence-electron chi connectivity index (χ4n) is 3.01. The lowest BCUT2D eigenvalue weighted by molar-refractivity contribution is 0.642. The smallest absolute Gasteiger partial charge is 0.191 e. The van der Waals surface area contributed by atoms with Crippen molar-refractivity contribution < 1.29 is 0 Å². The van der Waals surface area contributed by atoms with Gasteiger partial charge in [-0.25, -0.2) is 0 Å². The summed E-state index contributed by atoms with van der Waals surface area (Å²) >= 11 is 1.81. The number of nitrogens with zero attached hydrogens (tertiary/aromatic N) is 3. The molecular formula is C19H21N3S. The first-order valence-corrected chi connectivity index (χ1v) is 9.22. The van der Waals surface area contributed by atoms with Crippen LogP contribution in [-0.2, 0) is 6.54 Å². The molecule has 1 unspecified atom stereocenters. The monoisotopic (exact) mass is 323 g/mol. The fourth-order valence-corrected chi connectivity index (χ4v) is 4.05. The van der Waals surface area contributed by atoms with Crippen LogP contribution in [0.5, 0.6) is 0 Å². The van der Waals surface area contributed by atoms with Gasteiger partial charge in [-0.2, -0.15) is 0 Å². The Kier molecular flexibility index (Phi) is 3.85. The molecule has 1 aliphatic carbocycles. The van der Waals surface area contributed by atoms with Gasteiger partial charge in [-0.15, -0.1) is 10.2 Å². The number of rotatable bonds is 5. The van der Waals surface area contributed by atoms with E-state index in [-0.39, 0.29) is 0 Å². The minimum Gasteiger partial charge on any atom is -0.306 e. The standard InChI is InChI=1S/C19H21N3S/c1-3-22-18(15-9-10-15)20-21-19(22)23-13(2)16-11-8-14-6-4-5-7-17(14)12-16/h4-8,11-13,15H,3,9-10H2,1-2H3. The first-order chi connectivity index (χ1) is 11.3. The lowest BCUT2D eigenvalue weighted by Crippen LogP contribution is -2.02. The van der Waals surface area contributed by atoms with E-state index in [1.807, 2.05) is 11.8 Å². The summed E-state index contributed by atoms with van der Waals surface area (Å²) in [6.45, 7) is 5.38. The molecule has 0 radical (unpaired) electrons. The van der Waals surface area contributed by atoms with E-state index in [2.05, 4.69) is 71.1 Å². The SMILES string of the molecule is CCn1c(SC(C)c2ccc3ccccc3c2)nnc1C1CC1. The van der Waals surface area contributed by atoms with Crippen LogP contribution in [-0.4, -0.2) is 14.8 Å². The van der Waals surface area contributed by atoms with Crippen LogP contribution in [0.3, 0.4) is 0 Å². The van der Waals surface area contributed by atoms with E-state index in [1.165, 1.54) is 35.0 Å². The quantitative estimate of drug-likeness (QED) is 0.606. The van der Waals surface area contributed by atoms with Crippen LogP contribution in [0.2, 0.25) is 0 Å². The second kappa shape index (κ2) is 6.00. The number of thioether (sulfide) groups is 1. The molecule has 2 aromatic carbocycles. The Balaban J connectivity index is 1.60. The van der Waals surface area contributed by atoms with Gasteiger partial charge in [0, 0.05) is 17.7 Å². The Morgan fingerprint density at radius 3 is 2.65 bits per heavy atom. The third-order valence-corrected chi connectivity index (χ3v) is 5.67. The van der Waals surface area contributed by atoms with Crippen LogP contribution in [0.4, 0.5) is 0 Å². The highest BCUT2D eigenvalue weighted by Gasteiger charge is 2.30. The molecular weight excluding hydrogens is 302 g/mol. The van der Waals surface area contributed by atoms with Gasteiger partial charge >= 0.3 is 0 Å². The van der Waals surface area contributed by atoms with E-state index in [0.29, 0.717) is 11.2 Å². The number of fused-ring (bicyclic) bond motifs is 1. The Labute approximate surface area is 141 Å². The Morgan fingerprint density at radius 2 is 1.91 bits per heavy atom. The second-order valence-electron chi connectivity index (χ2n) is 6.23. The van der Waals surface area contributed by atoms with Crippen LogP contribution >= 0.6 is 11.8 Å². The zero-order valence-corrected chi connectivity index (χ0v) is 14.4. The van der Waals surface area contributed by atoms with Gasteiger partial charge in [0.1, 0.15) is 5.82 Å². The highest BCUT2D eigenvalue weighted by Crippen LogP contribution is 2.41. The number of benzene rings is 2. The molecule has 0 saturated heterocycles. The van der Waals surface area contributed by atoms with E-state index in [4.69, 9.17) is 0 Å². The Morgan fingerprint density at radius 1 is 1.13 bits per heavy atom. The molecule has 3 nitrogen and oxygen atoms in total. The zero-order valence-electron chi connectivity index (χ0n) is 13.6. The molecule has 3 aromatic rings. The topological polar surface area (TPSA) is 30.7 Å². The van der Waals surface area contributed by atoms with Crippen molar-refractivity contribution >= 4 is 22.5 Å². The highest BCUT2D eigenvalue weighted by atomic mass is 32.2. The molecule has 118 valence electrons. The summed E-state index contributed by atoms with van der Waals surface area (Å²) in [5.74, 6) is 1.83. The van der Waals surface area contributed by atoms with Crippen LogP contribution in [0.1, 0.15) is 49.2 Å². The molecule has 1 aliphatic rings. The summed E-state index contributed by atoms with van der Waals surface area (Å²) < 4.78 is 2.29. The maximum atomic E-state index is 4.45. The van der Waals surface area contributed by atoms with Crippen molar-refractivity contribution in [2.45, 2.75) is 49.6 Å². The average Bonchev–Trinajstić information content (AvgIpc) is 3.35. The lowest BCUT2D eigenvalue weighted by atomic mass is 10.1. The molecule has 0 amide bonds. The Hall–Kier alpha value is -1.81. The van der Waals surface area contributed by atoms with Crippen molar-refractivity contribution in [3.8, 4) is 0 Å². The van der Waals surface area contributed by atoms with Crippen LogP contribution in [0.25, 0.3) is 10.8 Å². The molecule has 4 rings (SSSR count). The molecule has 23 heavy (non-hydrogen) atoms. The summed E-state index contributed by atoms with van der Waals surface area (Å²) in [7, 11) is 0. The summed E-state index contributed by atoms with van der Waals surface area (Å²) in [6, 6.07) is 15.3. The van der Waals surface area contributed by atoms with Crippen molar-refractivity contribution in [1.29, 1.82) is 0 Å². The maximum Gasteiger partial charge on any atom is 0.191 e. The van der Waals surface area contributed by atoms with Crippen molar-refractivity contribution in [1.82, 2.24) is 14.8 Å². The summed E-state index contributed by atoms with van der Waals surface area (Å²) in [4.78, 5) is 0. The van der Waals surface area contributed by atoms with E-state index in [9.17, 15) is 0 Å². The third-order valence-electron chi connectivity index (χ3n) is 4.53. The molecule has 0 spiro atoms. The second-order valence-corrected chi connectivity index (χ2v) is 7.53. The van der Waals surface area contributed by atoms with Crippen molar-refractivity contribution in [2.75, 3.05) is 0 Å². The van der Waals surface area contributed by atoms with Gasteiger partial charge in [-0.1, -0.05) is 54.2 Å². The van der Waals surface area contributed by atoms with Gasteiger partial charge < -0.3 is 4.57 Å². The molecule has 1 fully saturated rings. The van der Waals surface area contributed by atoms with Gasteiger partial charge in [-0.05, 0) is 43.0 Å². The maximum absolute atomic E-state index is 4.45. The number of hydrogen-bond acceptors (Lipinski definition) is 3. The van der Waals surface area contributed by atoms with Crippen molar-refractivity contribution in [3.63, 3.8) is 0 Å². The van der Waals surface area contributed by atoms with Gasteiger partial charge in [0.25, 0.3) is 0 Å². The van der Waals surface area contributed by atoms with Crippen LogP contribution in [0, 0.1) is 0 Å². The fraction of sp³-hybridized carbons (Fsp3) is 0.368. The molecule has 0 aliphatic heterocycles. The molecule has 0 N–H and O–H groups in total. The van der Waals surface area contributed by atoms with Crippen molar-refractivity contribution in [2.24, 2.45) is 0 Å². The predicted octanol–water partition coefficient (Wildman–Crippen LogP) is 5.18. The van der Waals surface area contributed by atoms with E-state index in [1.54, 1.807) is 0 Å². The van der Waals surface area contributed by atoms with Gasteiger partial charge in [0.15, 0.2) is 5.16 Å². The van der Waals surface area contributed by atoms with Gasteiger partial charge in [0.05, 0.1) is 0 Å². The third kappa shape index (κ3) is 2.88. The zero-order chi connectivity index (χ0) is 15.8. The number of hydrogen-bond donors (Lipinski definition) is 0. The minimum atomic E-state index is 0.362. The van der Waals surface area contributed by atoms with E-state index >= 15 is 0 Å². The molecule has 0 bridgehead atoms. The molecule has 1 saturated carbocycles. The van der Waals surface area contributed by atoms with Gasteiger partial charge in [0.2, 0.25) is 0 Å².